The van der Waals surface area contributed by atoms with Gasteiger partial charge in [-0.3, -0.25) is 9.59 Å². The molecule has 19 heteroatoms. The van der Waals surface area contributed by atoms with Crippen LogP contribution in [0, 0.1) is 7.43 Å². The van der Waals surface area contributed by atoms with Gasteiger partial charge in [0.1, 0.15) is 11.3 Å². The number of oxazole rings is 2. The first kappa shape index (κ1) is 55.5. The number of aromatic nitrogens is 8. The van der Waals surface area contributed by atoms with Crippen molar-refractivity contribution in [2.75, 3.05) is 20.2 Å². The molecule has 73 heavy (non-hydrogen) atoms. The molecular weight excluding hydrogens is 1000 g/mol. The number of aliphatic hydroxyl groups is 1. The number of amides is 2. The Labute approximate surface area is 450 Å². The van der Waals surface area contributed by atoms with Gasteiger partial charge in [-0.1, -0.05) is 84.9 Å². The molecule has 4 aromatic heterocycles. The Morgan fingerprint density at radius 2 is 1.00 bits per heavy atom. The van der Waals surface area contributed by atoms with Gasteiger partial charge >= 0.3 is 29.0 Å². The Morgan fingerprint density at radius 1 is 0.603 bits per heavy atom. The van der Waals surface area contributed by atoms with Crippen molar-refractivity contribution in [3.05, 3.63) is 176 Å². The van der Waals surface area contributed by atoms with Gasteiger partial charge in [0.2, 0.25) is 5.89 Å². The summed E-state index contributed by atoms with van der Waals surface area (Å²) in [6.45, 7) is 8.40. The summed E-state index contributed by atoms with van der Waals surface area (Å²) in [5.41, 5.74) is 3.40. The first-order chi connectivity index (χ1) is 33.9. The summed E-state index contributed by atoms with van der Waals surface area (Å²) in [6, 6.07) is 33.8. The van der Waals surface area contributed by atoms with Gasteiger partial charge in [0, 0.05) is 36.3 Å². The number of piperidine rings is 2. The largest absolute Gasteiger partial charge is 2.00 e. The van der Waals surface area contributed by atoms with Crippen molar-refractivity contribution in [2.24, 2.45) is 0 Å². The van der Waals surface area contributed by atoms with E-state index in [1.54, 1.807) is 44.7 Å². The second kappa shape index (κ2) is 24.3. The number of ether oxygens (including phenoxy) is 1. The summed E-state index contributed by atoms with van der Waals surface area (Å²) in [6.07, 6.45) is 9.55. The summed E-state index contributed by atoms with van der Waals surface area (Å²) in [4.78, 5) is 55.8. The fraction of sp³-hybridized carbons (Fsp3) is 0.296. The topological polar surface area (TPSA) is 201 Å². The number of hydrogen-bond acceptors (Lipinski definition) is 13. The van der Waals surface area contributed by atoms with E-state index in [0.29, 0.717) is 64.6 Å². The Bertz CT molecular complexity index is 3070. The van der Waals surface area contributed by atoms with Gasteiger partial charge in [0.05, 0.1) is 66.2 Å². The second-order valence-corrected chi connectivity index (χ2v) is 18.1. The zero-order valence-corrected chi connectivity index (χ0v) is 44.7. The van der Waals surface area contributed by atoms with Crippen molar-refractivity contribution < 1.29 is 50.0 Å². The zero-order chi connectivity index (χ0) is 48.9. The third kappa shape index (κ3) is 12.0. The van der Waals surface area contributed by atoms with Crippen molar-refractivity contribution in [3.8, 4) is 34.0 Å². The fourth-order valence-corrected chi connectivity index (χ4v) is 9.07. The first-order valence-electron chi connectivity index (χ1n) is 23.4. The predicted octanol–water partition coefficient (Wildman–Crippen LogP) is 5.75. The smallest absolute Gasteiger partial charge is 1.00 e. The number of halogens is 1. The summed E-state index contributed by atoms with van der Waals surface area (Å²) in [7, 11) is 1.32. The molecule has 0 radical (unpaired) electrons. The number of methoxy groups -OCH3 is 1. The number of nitrogens with zero attached hydrogens (tertiary/aromatic N) is 10. The van der Waals surface area contributed by atoms with Crippen LogP contribution in [0.25, 0.3) is 34.0 Å². The summed E-state index contributed by atoms with van der Waals surface area (Å²) >= 11 is 0. The maximum absolute atomic E-state index is 13.7. The Morgan fingerprint density at radius 3 is 1.44 bits per heavy atom. The van der Waals surface area contributed by atoms with Crippen molar-refractivity contribution >= 4 is 40.8 Å². The number of likely N-dealkylation sites (tertiary alicyclic amines) is 2. The van der Waals surface area contributed by atoms with Gasteiger partial charge in [0.25, 0.3) is 11.8 Å². The second-order valence-electron chi connectivity index (χ2n) is 18.1. The van der Waals surface area contributed by atoms with Crippen LogP contribution in [-0.4, -0.2) is 128 Å². The van der Waals surface area contributed by atoms with Crippen LogP contribution in [0.15, 0.2) is 143 Å². The standard InChI is InChI=1S/C27H29N5O3.C26H25N5O4.CH3.BrH.Mg/c1-18-13-14-20(25-30-24(27(2,3)34)23(35-25)19-9-5-4-6-10-19)17-31(18)26(33)21-11-7-8-12-22(21)32-28-15-16-29-32;1-17-12-13-19(24-29-22(26(33)34-2)23(35-24)18-8-4-3-5-9-18)16-30(17)25(32)20-10-6-7-11-21(20)31-27-14-15-28-31;;;/h4-12,15-16,18,20,34H,13-14,17H2,1-3H3;3-11,14-15,17,19H,12-13,16H2,1-2H3;1H3;1H;/q;;-1;;+2/p-1/t18-,20-;17-,19-;;;/m11.../s1. The molecule has 2 aliphatic rings. The molecule has 0 spiro atoms. The van der Waals surface area contributed by atoms with Crippen molar-refractivity contribution in [3.63, 3.8) is 0 Å². The Balaban J connectivity index is 0.000000229. The molecule has 10 rings (SSSR count). The van der Waals surface area contributed by atoms with Crippen LogP contribution in [0.2, 0.25) is 0 Å². The molecular formula is C54H57BrMgN10O7. The van der Waals surface area contributed by atoms with Gasteiger partial charge in [-0.2, -0.15) is 30.0 Å². The molecule has 4 atom stereocenters. The van der Waals surface area contributed by atoms with Crippen molar-refractivity contribution in [1.82, 2.24) is 49.8 Å². The third-order valence-electron chi connectivity index (χ3n) is 12.8. The van der Waals surface area contributed by atoms with E-state index in [1.807, 2.05) is 120 Å². The van der Waals surface area contributed by atoms with Gasteiger partial charge in [-0.25, -0.2) is 14.8 Å². The molecule has 2 amide bonds. The van der Waals surface area contributed by atoms with E-state index in [-0.39, 0.29) is 88.9 Å². The number of esters is 1. The quantitative estimate of drug-likeness (QED) is 0.0988. The van der Waals surface area contributed by atoms with E-state index in [4.69, 9.17) is 18.6 Å². The van der Waals surface area contributed by atoms with Crippen LogP contribution in [0.4, 0.5) is 0 Å². The van der Waals surface area contributed by atoms with E-state index >= 15 is 0 Å². The van der Waals surface area contributed by atoms with E-state index in [9.17, 15) is 19.5 Å². The van der Waals surface area contributed by atoms with E-state index in [2.05, 4.69) is 32.3 Å². The molecule has 0 bridgehead atoms. The monoisotopic (exact) mass is 1060 g/mol. The number of carbonyl (C=O) groups is 3. The zero-order valence-electron chi connectivity index (χ0n) is 41.7. The molecule has 0 unspecified atom stereocenters. The van der Waals surface area contributed by atoms with Crippen LogP contribution in [0.5, 0.6) is 0 Å². The number of para-hydroxylation sites is 2. The number of rotatable bonds is 10. The molecule has 6 heterocycles. The van der Waals surface area contributed by atoms with Crippen LogP contribution < -0.4 is 17.0 Å². The van der Waals surface area contributed by atoms with E-state index in [0.717, 1.165) is 36.8 Å². The minimum absolute atomic E-state index is 0. The van der Waals surface area contributed by atoms with Crippen LogP contribution in [0.1, 0.15) is 114 Å². The van der Waals surface area contributed by atoms with Crippen LogP contribution in [0.3, 0.4) is 0 Å². The first-order valence-corrected chi connectivity index (χ1v) is 23.4. The maximum Gasteiger partial charge on any atom is 2.00 e. The average molecular weight is 1060 g/mol. The molecule has 8 aromatic rings. The summed E-state index contributed by atoms with van der Waals surface area (Å²) < 4.78 is 17.4. The predicted molar refractivity (Wildman–Crippen MR) is 270 cm³/mol. The van der Waals surface area contributed by atoms with E-state index < -0.39 is 11.6 Å². The van der Waals surface area contributed by atoms with E-state index in [1.165, 1.54) is 16.7 Å². The minimum atomic E-state index is -1.17. The third-order valence-corrected chi connectivity index (χ3v) is 12.8. The SMILES string of the molecule is COC(=O)c1nc([C@@H]2CC[C@@H](C)N(C(=O)c3ccccc3-n3nccn3)C2)oc1-c1ccccc1.C[C@@H]1CC[C@@H](c2nc(C(C)(C)O)c(-c3ccccc3)o2)CN1C(=O)c1ccccc1-n1nccn1.[Br-].[CH3-].[Mg+2]. The Hall–Kier alpha value is -6.80. The number of hydrogen-bond donors (Lipinski definition) is 1. The molecule has 0 saturated carbocycles. The number of benzene rings is 4. The maximum atomic E-state index is 13.7. The van der Waals surface area contributed by atoms with Gasteiger partial charge in [0.15, 0.2) is 23.1 Å². The van der Waals surface area contributed by atoms with Gasteiger partial charge in [-0.15, -0.1) is 0 Å². The normalized spacial score (nSPS) is 17.5. The number of carbonyl (C=O) groups excluding carboxylic acids is 3. The molecule has 2 aliphatic heterocycles. The summed E-state index contributed by atoms with van der Waals surface area (Å²) in [5.74, 6) is 0.930. The van der Waals surface area contributed by atoms with Crippen molar-refractivity contribution in [2.45, 2.75) is 82.9 Å². The molecule has 374 valence electrons. The molecule has 2 fully saturated rings. The molecule has 1 N–H and O–H groups in total. The van der Waals surface area contributed by atoms with Crippen molar-refractivity contribution in [1.29, 1.82) is 0 Å². The van der Waals surface area contributed by atoms with Crippen LogP contribution >= 0.6 is 0 Å². The summed E-state index contributed by atoms with van der Waals surface area (Å²) in [5, 5.41) is 27.6. The molecule has 17 nitrogen and oxygen atoms in total. The minimum Gasteiger partial charge on any atom is -1.00 e. The van der Waals surface area contributed by atoms with Gasteiger partial charge in [-0.05, 0) is 77.6 Å². The molecule has 0 aliphatic carbocycles. The Kier molecular flexibility index (Phi) is 18.5. The van der Waals surface area contributed by atoms with Gasteiger partial charge < -0.3 is 52.9 Å². The molecule has 4 aromatic carbocycles. The molecule has 2 saturated heterocycles. The van der Waals surface area contributed by atoms with Crippen LogP contribution in [-0.2, 0) is 10.3 Å². The fourth-order valence-electron chi connectivity index (χ4n) is 9.07. The average Bonchev–Trinajstić information content (AvgIpc) is 4.25.